The molecule has 0 saturated heterocycles. The molecule has 1 aromatic rings. The number of carboxylic acid groups (broad SMARTS) is 1. The van der Waals surface area contributed by atoms with E-state index >= 15 is 0 Å². The van der Waals surface area contributed by atoms with Gasteiger partial charge in [0.1, 0.15) is 0 Å². The van der Waals surface area contributed by atoms with Crippen molar-refractivity contribution in [3.63, 3.8) is 0 Å². The van der Waals surface area contributed by atoms with Crippen molar-refractivity contribution >= 4 is 5.97 Å². The second-order valence-electron chi connectivity index (χ2n) is 3.24. The highest BCUT2D eigenvalue weighted by Gasteiger charge is 2.11. The average Bonchev–Trinajstić information content (AvgIpc) is 2.15. The molecule has 3 N–H and O–H groups in total. The van der Waals surface area contributed by atoms with E-state index in [2.05, 4.69) is 4.98 Å². The lowest BCUT2D eigenvalue weighted by molar-refractivity contribution is -0.137. The molecule has 0 unspecified atom stereocenters. The Hall–Kier alpha value is -1.42. The topological polar surface area (TPSA) is 76.2 Å². The standard InChI is InChI=1S/C10H14N2O2/c1-7-3-2-6-12-10(7)8(11)4-5-9(13)14/h2-3,6,8H,4-5,11H2,1H3,(H,13,14)/t8-/m1/s1. The Balaban J connectivity index is 2.65. The Morgan fingerprint density at radius 3 is 3.00 bits per heavy atom. The zero-order chi connectivity index (χ0) is 10.6. The van der Waals surface area contributed by atoms with Crippen molar-refractivity contribution in [3.8, 4) is 0 Å². The molecule has 0 aliphatic carbocycles. The lowest BCUT2D eigenvalue weighted by Gasteiger charge is -2.11. The van der Waals surface area contributed by atoms with Crippen LogP contribution < -0.4 is 5.73 Å². The van der Waals surface area contributed by atoms with Gasteiger partial charge in [0.15, 0.2) is 0 Å². The first kappa shape index (κ1) is 10.7. The number of carboxylic acids is 1. The second kappa shape index (κ2) is 4.72. The maximum absolute atomic E-state index is 10.3. The summed E-state index contributed by atoms with van der Waals surface area (Å²) < 4.78 is 0. The summed E-state index contributed by atoms with van der Waals surface area (Å²) in [5.74, 6) is -0.825. The first-order valence-corrected chi connectivity index (χ1v) is 4.50. The third-order valence-electron chi connectivity index (χ3n) is 2.07. The van der Waals surface area contributed by atoms with Crippen molar-refractivity contribution in [2.45, 2.75) is 25.8 Å². The average molecular weight is 194 g/mol. The van der Waals surface area contributed by atoms with Crippen LogP contribution in [0.2, 0.25) is 0 Å². The first-order chi connectivity index (χ1) is 6.61. The van der Waals surface area contributed by atoms with Crippen LogP contribution in [0.3, 0.4) is 0 Å². The zero-order valence-corrected chi connectivity index (χ0v) is 8.10. The number of aromatic nitrogens is 1. The fraction of sp³-hybridized carbons (Fsp3) is 0.400. The molecule has 4 heteroatoms. The van der Waals surface area contributed by atoms with E-state index in [1.165, 1.54) is 0 Å². The first-order valence-electron chi connectivity index (χ1n) is 4.50. The van der Waals surface area contributed by atoms with E-state index in [0.29, 0.717) is 6.42 Å². The van der Waals surface area contributed by atoms with Crippen LogP contribution in [-0.2, 0) is 4.79 Å². The van der Waals surface area contributed by atoms with Gasteiger partial charge in [0.05, 0.1) is 5.69 Å². The summed E-state index contributed by atoms with van der Waals surface area (Å²) in [5.41, 5.74) is 7.61. The van der Waals surface area contributed by atoms with Gasteiger partial charge in [-0.1, -0.05) is 6.07 Å². The van der Waals surface area contributed by atoms with Crippen LogP contribution in [0.5, 0.6) is 0 Å². The molecule has 0 amide bonds. The van der Waals surface area contributed by atoms with E-state index in [1.807, 2.05) is 19.1 Å². The predicted molar refractivity (Wildman–Crippen MR) is 52.8 cm³/mol. The summed E-state index contributed by atoms with van der Waals surface area (Å²) in [6, 6.07) is 3.47. The van der Waals surface area contributed by atoms with Crippen LogP contribution in [0, 0.1) is 6.92 Å². The van der Waals surface area contributed by atoms with Gasteiger partial charge in [-0.25, -0.2) is 0 Å². The molecule has 0 spiro atoms. The molecule has 0 saturated carbocycles. The van der Waals surface area contributed by atoms with Crippen molar-refractivity contribution in [2.75, 3.05) is 0 Å². The van der Waals surface area contributed by atoms with Crippen LogP contribution in [-0.4, -0.2) is 16.1 Å². The van der Waals surface area contributed by atoms with E-state index in [0.717, 1.165) is 11.3 Å². The molecular formula is C10H14N2O2. The maximum atomic E-state index is 10.3. The van der Waals surface area contributed by atoms with Crippen molar-refractivity contribution in [2.24, 2.45) is 5.73 Å². The van der Waals surface area contributed by atoms with Crippen LogP contribution in [0.1, 0.15) is 30.1 Å². The fourth-order valence-corrected chi connectivity index (χ4v) is 1.30. The quantitative estimate of drug-likeness (QED) is 0.756. The van der Waals surface area contributed by atoms with Crippen molar-refractivity contribution in [1.82, 2.24) is 4.98 Å². The predicted octanol–water partition coefficient (Wildman–Crippen LogP) is 1.25. The summed E-state index contributed by atoms with van der Waals surface area (Å²) >= 11 is 0. The number of rotatable bonds is 4. The molecule has 76 valence electrons. The van der Waals surface area contributed by atoms with Crippen LogP contribution in [0.25, 0.3) is 0 Å². The second-order valence-corrected chi connectivity index (χ2v) is 3.24. The van der Waals surface area contributed by atoms with Crippen LogP contribution in [0.15, 0.2) is 18.3 Å². The molecule has 1 rings (SSSR count). The summed E-state index contributed by atoms with van der Waals surface area (Å²) in [6.45, 7) is 1.92. The van der Waals surface area contributed by atoms with Gasteiger partial charge in [-0.15, -0.1) is 0 Å². The number of hydrogen-bond donors (Lipinski definition) is 2. The van der Waals surface area contributed by atoms with Gasteiger partial charge in [0, 0.05) is 18.7 Å². The molecule has 1 heterocycles. The lowest BCUT2D eigenvalue weighted by atomic mass is 10.0. The minimum absolute atomic E-state index is 0.0805. The van der Waals surface area contributed by atoms with E-state index in [9.17, 15) is 4.79 Å². The molecule has 0 fully saturated rings. The number of aryl methyl sites for hydroxylation is 1. The van der Waals surface area contributed by atoms with Crippen molar-refractivity contribution in [1.29, 1.82) is 0 Å². The SMILES string of the molecule is Cc1cccnc1[C@H](N)CCC(=O)O. The van der Waals surface area contributed by atoms with E-state index in [1.54, 1.807) is 6.20 Å². The third-order valence-corrected chi connectivity index (χ3v) is 2.07. The summed E-state index contributed by atoms with van der Waals surface area (Å²) in [7, 11) is 0. The molecule has 0 aromatic carbocycles. The number of carbonyl (C=O) groups is 1. The Kier molecular flexibility index (Phi) is 3.59. The van der Waals surface area contributed by atoms with Gasteiger partial charge in [-0.3, -0.25) is 9.78 Å². The molecule has 0 aliphatic heterocycles. The van der Waals surface area contributed by atoms with Gasteiger partial charge >= 0.3 is 5.97 Å². The van der Waals surface area contributed by atoms with E-state index in [-0.39, 0.29) is 12.5 Å². The van der Waals surface area contributed by atoms with Crippen LogP contribution >= 0.6 is 0 Å². The highest BCUT2D eigenvalue weighted by atomic mass is 16.4. The van der Waals surface area contributed by atoms with Gasteiger partial charge in [-0.05, 0) is 25.0 Å². The van der Waals surface area contributed by atoms with E-state index in [4.69, 9.17) is 10.8 Å². The Labute approximate surface area is 82.8 Å². The lowest BCUT2D eigenvalue weighted by Crippen LogP contribution is -2.15. The molecular weight excluding hydrogens is 180 g/mol. The van der Waals surface area contributed by atoms with Crippen molar-refractivity contribution < 1.29 is 9.90 Å². The number of hydrogen-bond acceptors (Lipinski definition) is 3. The van der Waals surface area contributed by atoms with Crippen LogP contribution in [0.4, 0.5) is 0 Å². The smallest absolute Gasteiger partial charge is 0.303 e. The molecule has 14 heavy (non-hydrogen) atoms. The monoisotopic (exact) mass is 194 g/mol. The maximum Gasteiger partial charge on any atom is 0.303 e. The largest absolute Gasteiger partial charge is 0.481 e. The van der Waals surface area contributed by atoms with Gasteiger partial charge < -0.3 is 10.8 Å². The Bertz CT molecular complexity index is 326. The Morgan fingerprint density at radius 1 is 1.71 bits per heavy atom. The van der Waals surface area contributed by atoms with Gasteiger partial charge in [0.2, 0.25) is 0 Å². The summed E-state index contributed by atoms with van der Waals surface area (Å²) in [4.78, 5) is 14.5. The molecule has 4 nitrogen and oxygen atoms in total. The minimum atomic E-state index is -0.825. The van der Waals surface area contributed by atoms with Gasteiger partial charge in [0.25, 0.3) is 0 Å². The summed E-state index contributed by atoms with van der Waals surface area (Å²) in [5, 5.41) is 8.50. The molecule has 1 atom stereocenters. The summed E-state index contributed by atoms with van der Waals surface area (Å²) in [6.07, 6.45) is 2.17. The molecule has 1 aromatic heterocycles. The van der Waals surface area contributed by atoms with Gasteiger partial charge in [-0.2, -0.15) is 0 Å². The Morgan fingerprint density at radius 2 is 2.43 bits per heavy atom. The normalized spacial score (nSPS) is 12.4. The number of nitrogens with zero attached hydrogens (tertiary/aromatic N) is 1. The number of aliphatic carboxylic acids is 1. The highest BCUT2D eigenvalue weighted by Crippen LogP contribution is 2.16. The minimum Gasteiger partial charge on any atom is -0.481 e. The molecule has 0 bridgehead atoms. The highest BCUT2D eigenvalue weighted by molar-refractivity contribution is 5.66. The molecule has 0 aliphatic rings. The third kappa shape index (κ3) is 2.81. The van der Waals surface area contributed by atoms with Crippen molar-refractivity contribution in [3.05, 3.63) is 29.6 Å². The molecule has 0 radical (unpaired) electrons. The van der Waals surface area contributed by atoms with E-state index < -0.39 is 5.97 Å². The fourth-order valence-electron chi connectivity index (χ4n) is 1.30. The zero-order valence-electron chi connectivity index (χ0n) is 8.10. The number of nitrogens with two attached hydrogens (primary N) is 1. The number of pyridine rings is 1.